The van der Waals surface area contributed by atoms with Crippen LogP contribution in [0.5, 0.6) is 5.88 Å². The Hall–Kier alpha value is -2.38. The molecule has 1 saturated heterocycles. The van der Waals surface area contributed by atoms with Gasteiger partial charge in [-0.2, -0.15) is 0 Å². The van der Waals surface area contributed by atoms with Gasteiger partial charge in [-0.1, -0.05) is 6.92 Å². The number of fused-ring (bicyclic) bond motifs is 1. The van der Waals surface area contributed by atoms with Crippen LogP contribution in [0.15, 0.2) is 12.4 Å². The Morgan fingerprint density at radius 1 is 1.50 bits per heavy atom. The number of nitrogens with zero attached hydrogens (tertiary/aromatic N) is 5. The Balaban J connectivity index is 2.02. The smallest absolute Gasteiger partial charge is 0.291 e. The molecule has 3 heterocycles. The van der Waals surface area contributed by atoms with Crippen LogP contribution in [0.2, 0.25) is 0 Å². The molecule has 8 nitrogen and oxygen atoms in total. The van der Waals surface area contributed by atoms with Crippen LogP contribution in [0.4, 0.5) is 0 Å². The van der Waals surface area contributed by atoms with Crippen LogP contribution >= 0.6 is 0 Å². The summed E-state index contributed by atoms with van der Waals surface area (Å²) in [5.74, 6) is -0.0284. The van der Waals surface area contributed by atoms with E-state index in [2.05, 4.69) is 5.10 Å². The van der Waals surface area contributed by atoms with Crippen molar-refractivity contribution >= 4 is 17.5 Å². The summed E-state index contributed by atoms with van der Waals surface area (Å²) in [6.45, 7) is 6.01. The molecular weight excluding hydrogens is 286 g/mol. The van der Waals surface area contributed by atoms with Gasteiger partial charge in [-0.25, -0.2) is 9.47 Å². The number of likely N-dealkylation sites (tertiary alicyclic amines) is 1. The third-order valence-corrected chi connectivity index (χ3v) is 3.98. The molecule has 0 aromatic carbocycles. The molecule has 0 N–H and O–H groups in total. The number of imide groups is 1. The van der Waals surface area contributed by atoms with E-state index in [0.29, 0.717) is 12.5 Å². The number of carbonyl (C=O) groups is 2. The zero-order valence-electron chi connectivity index (χ0n) is 13.2. The van der Waals surface area contributed by atoms with E-state index in [9.17, 15) is 9.59 Å². The third-order valence-electron chi connectivity index (χ3n) is 3.98. The number of rotatable bonds is 4. The molecule has 3 rings (SSSR count). The minimum atomic E-state index is -0.442. The van der Waals surface area contributed by atoms with Crippen LogP contribution in [0.25, 0.3) is 5.65 Å². The summed E-state index contributed by atoms with van der Waals surface area (Å²) in [5.41, 5.74) is 0.822. The SMILES string of the molecule is CCOc1cc2n(n1)n(C(C)N1C(=O)CC(C)C1=O)c[n+]2C. The van der Waals surface area contributed by atoms with Gasteiger partial charge < -0.3 is 4.74 Å². The first-order valence-corrected chi connectivity index (χ1v) is 7.39. The van der Waals surface area contributed by atoms with Gasteiger partial charge in [0.05, 0.1) is 19.7 Å². The van der Waals surface area contributed by atoms with Gasteiger partial charge in [-0.3, -0.25) is 9.59 Å². The van der Waals surface area contributed by atoms with Crippen LogP contribution < -0.4 is 9.30 Å². The Morgan fingerprint density at radius 2 is 2.23 bits per heavy atom. The van der Waals surface area contributed by atoms with Gasteiger partial charge in [0.2, 0.25) is 18.1 Å². The summed E-state index contributed by atoms with van der Waals surface area (Å²) in [6.07, 6.45) is 1.64. The third kappa shape index (κ3) is 2.06. The molecule has 2 amide bonds. The Bertz CT molecular complexity index is 747. The summed E-state index contributed by atoms with van der Waals surface area (Å²) in [7, 11) is 1.88. The van der Waals surface area contributed by atoms with Gasteiger partial charge in [0.1, 0.15) is 0 Å². The number of hydrogen-bond donors (Lipinski definition) is 0. The quantitative estimate of drug-likeness (QED) is 0.600. The molecule has 1 fully saturated rings. The van der Waals surface area contributed by atoms with Gasteiger partial charge in [0.15, 0.2) is 6.17 Å². The van der Waals surface area contributed by atoms with Crippen LogP contribution in [-0.2, 0) is 16.6 Å². The van der Waals surface area contributed by atoms with Gasteiger partial charge >= 0.3 is 0 Å². The predicted octanol–water partition coefficient (Wildman–Crippen LogP) is 0.273. The van der Waals surface area contributed by atoms with Crippen LogP contribution in [0.3, 0.4) is 0 Å². The molecule has 2 unspecified atom stereocenters. The summed E-state index contributed by atoms with van der Waals surface area (Å²) in [5, 5.41) is 4.37. The van der Waals surface area contributed by atoms with Crippen LogP contribution in [-0.4, -0.2) is 37.7 Å². The number of aryl methyl sites for hydroxylation is 1. The molecule has 118 valence electrons. The van der Waals surface area contributed by atoms with Crippen LogP contribution in [0.1, 0.15) is 33.4 Å². The van der Waals surface area contributed by atoms with Gasteiger partial charge in [0, 0.05) is 12.3 Å². The highest BCUT2D eigenvalue weighted by atomic mass is 16.5. The average Bonchev–Trinajstić information content (AvgIpc) is 3.06. The molecule has 0 saturated carbocycles. The molecule has 1 aliphatic heterocycles. The second-order valence-corrected chi connectivity index (χ2v) is 5.61. The van der Waals surface area contributed by atoms with Crippen molar-refractivity contribution in [3.63, 3.8) is 0 Å². The second-order valence-electron chi connectivity index (χ2n) is 5.61. The van der Waals surface area contributed by atoms with Crippen molar-refractivity contribution in [1.29, 1.82) is 0 Å². The van der Waals surface area contributed by atoms with Crippen LogP contribution in [0, 0.1) is 5.92 Å². The topological polar surface area (TPSA) is 72.7 Å². The lowest BCUT2D eigenvalue weighted by atomic mass is 10.1. The number of aromatic nitrogens is 4. The predicted molar refractivity (Wildman–Crippen MR) is 75.9 cm³/mol. The molecular formula is C14H20N5O3+. The molecule has 0 aliphatic carbocycles. The van der Waals surface area contributed by atoms with Gasteiger partial charge in [0.25, 0.3) is 11.5 Å². The van der Waals surface area contributed by atoms with E-state index in [1.165, 1.54) is 4.90 Å². The summed E-state index contributed by atoms with van der Waals surface area (Å²) >= 11 is 0. The maximum absolute atomic E-state index is 12.2. The maximum Gasteiger partial charge on any atom is 0.291 e. The molecule has 8 heteroatoms. The van der Waals surface area contributed by atoms with E-state index >= 15 is 0 Å². The zero-order chi connectivity index (χ0) is 16.0. The molecule has 0 bridgehead atoms. The number of ether oxygens (including phenoxy) is 1. The highest BCUT2D eigenvalue weighted by Gasteiger charge is 2.41. The number of carbonyl (C=O) groups excluding carboxylic acids is 2. The van der Waals surface area contributed by atoms with E-state index in [1.807, 2.05) is 37.9 Å². The normalized spacial score (nSPS) is 20.2. The van der Waals surface area contributed by atoms with Gasteiger partial charge in [-0.15, -0.1) is 4.68 Å². The summed E-state index contributed by atoms with van der Waals surface area (Å²) in [4.78, 5) is 25.6. The van der Waals surface area contributed by atoms with Gasteiger partial charge in [-0.05, 0) is 23.6 Å². The summed E-state index contributed by atoms with van der Waals surface area (Å²) in [6, 6.07) is 1.82. The van der Waals surface area contributed by atoms with Crippen molar-refractivity contribution < 1.29 is 18.9 Å². The van der Waals surface area contributed by atoms with Crippen molar-refractivity contribution in [3.8, 4) is 5.88 Å². The first-order valence-electron chi connectivity index (χ1n) is 7.39. The highest BCUT2D eigenvalue weighted by molar-refractivity contribution is 6.03. The van der Waals surface area contributed by atoms with Crippen molar-refractivity contribution in [2.45, 2.75) is 33.4 Å². The van der Waals surface area contributed by atoms with E-state index < -0.39 is 6.17 Å². The molecule has 2 aromatic rings. The fourth-order valence-corrected chi connectivity index (χ4v) is 2.83. The largest absolute Gasteiger partial charge is 0.476 e. The molecule has 1 aliphatic rings. The fraction of sp³-hybridized carbons (Fsp3) is 0.571. The van der Waals surface area contributed by atoms with E-state index in [4.69, 9.17) is 4.74 Å². The van der Waals surface area contributed by atoms with Crippen molar-refractivity contribution in [2.75, 3.05) is 6.61 Å². The monoisotopic (exact) mass is 306 g/mol. The van der Waals surface area contributed by atoms with Crippen molar-refractivity contribution in [1.82, 2.24) is 19.3 Å². The maximum atomic E-state index is 12.2. The first-order chi connectivity index (χ1) is 10.4. The standard InChI is InChI=1S/C14H20N5O3/c1-5-22-11-7-12-16(4)8-17(19(12)15-11)10(3)18-13(20)6-9(2)14(18)21/h7-10H,5-6H2,1-4H3/q+1. The average molecular weight is 306 g/mol. The molecule has 2 aromatic heterocycles. The minimum Gasteiger partial charge on any atom is -0.476 e. The highest BCUT2D eigenvalue weighted by Crippen LogP contribution is 2.26. The van der Waals surface area contributed by atoms with Crippen molar-refractivity contribution in [2.24, 2.45) is 13.0 Å². The molecule has 22 heavy (non-hydrogen) atoms. The Labute approximate surface area is 127 Å². The zero-order valence-corrected chi connectivity index (χ0v) is 13.2. The summed E-state index contributed by atoms with van der Waals surface area (Å²) < 4.78 is 10.7. The molecule has 0 radical (unpaired) electrons. The Kier molecular flexibility index (Phi) is 3.38. The van der Waals surface area contributed by atoms with E-state index in [0.717, 1.165) is 5.65 Å². The van der Waals surface area contributed by atoms with Crippen molar-refractivity contribution in [3.05, 3.63) is 12.4 Å². The number of amides is 2. The Morgan fingerprint density at radius 3 is 2.82 bits per heavy atom. The lowest BCUT2D eigenvalue weighted by Crippen LogP contribution is -2.37. The van der Waals surface area contributed by atoms with E-state index in [-0.39, 0.29) is 24.2 Å². The van der Waals surface area contributed by atoms with E-state index in [1.54, 1.807) is 16.2 Å². The number of hydrogen-bond acceptors (Lipinski definition) is 4. The first kappa shape index (κ1) is 14.6. The lowest BCUT2D eigenvalue weighted by molar-refractivity contribution is -0.647. The molecule has 2 atom stereocenters. The minimum absolute atomic E-state index is 0.140. The fourth-order valence-electron chi connectivity index (χ4n) is 2.83. The molecule has 0 spiro atoms. The lowest BCUT2D eigenvalue weighted by Gasteiger charge is -2.19. The second kappa shape index (κ2) is 5.11.